The molecule has 0 bridgehead atoms. The van der Waals surface area contributed by atoms with Gasteiger partial charge in [0.05, 0.1) is 6.10 Å². The lowest BCUT2D eigenvalue weighted by atomic mass is 10.2. The summed E-state index contributed by atoms with van der Waals surface area (Å²) < 4.78 is 5.67. The molecule has 5 nitrogen and oxygen atoms in total. The monoisotopic (exact) mass is 250 g/mol. The standard InChI is InChI=1S/C13H22N4O/c1-9-12(14-3)15-10(2)16-13(9)17(4)8-11-6-5-7-18-11/h11H,5-8H2,1-4H3,(H,14,15,16). The maximum atomic E-state index is 5.67. The van der Waals surface area contributed by atoms with Crippen LogP contribution in [-0.2, 0) is 4.74 Å². The molecular weight excluding hydrogens is 228 g/mol. The molecule has 1 N–H and O–H groups in total. The van der Waals surface area contributed by atoms with Crippen molar-refractivity contribution in [3.63, 3.8) is 0 Å². The molecule has 18 heavy (non-hydrogen) atoms. The Balaban J connectivity index is 2.17. The summed E-state index contributed by atoms with van der Waals surface area (Å²) in [6.07, 6.45) is 2.65. The Bertz CT molecular complexity index is 416. The fourth-order valence-electron chi connectivity index (χ4n) is 2.41. The summed E-state index contributed by atoms with van der Waals surface area (Å²) in [6, 6.07) is 0. The van der Waals surface area contributed by atoms with Gasteiger partial charge in [-0.3, -0.25) is 0 Å². The number of hydrogen-bond acceptors (Lipinski definition) is 5. The molecule has 100 valence electrons. The van der Waals surface area contributed by atoms with Crippen LogP contribution in [0.25, 0.3) is 0 Å². The summed E-state index contributed by atoms with van der Waals surface area (Å²) in [4.78, 5) is 11.1. The second-order valence-electron chi connectivity index (χ2n) is 4.83. The van der Waals surface area contributed by atoms with Gasteiger partial charge in [-0.2, -0.15) is 0 Å². The molecule has 1 aromatic heterocycles. The molecule has 1 aliphatic rings. The van der Waals surface area contributed by atoms with Crippen LogP contribution in [0.4, 0.5) is 11.6 Å². The van der Waals surface area contributed by atoms with Crippen LogP contribution in [0.1, 0.15) is 24.2 Å². The Labute approximate surface area is 109 Å². The topological polar surface area (TPSA) is 50.3 Å². The fraction of sp³-hybridized carbons (Fsp3) is 0.692. The van der Waals surface area contributed by atoms with E-state index in [-0.39, 0.29) is 0 Å². The Morgan fingerprint density at radius 3 is 2.78 bits per heavy atom. The van der Waals surface area contributed by atoms with Crippen LogP contribution in [0.15, 0.2) is 0 Å². The maximum Gasteiger partial charge on any atom is 0.137 e. The SMILES string of the molecule is CNc1nc(C)nc(N(C)CC2CCCO2)c1C. The number of aryl methyl sites for hydroxylation is 1. The number of ether oxygens (including phenoxy) is 1. The van der Waals surface area contributed by atoms with Gasteiger partial charge in [-0.1, -0.05) is 0 Å². The van der Waals surface area contributed by atoms with Gasteiger partial charge >= 0.3 is 0 Å². The molecule has 1 aliphatic heterocycles. The van der Waals surface area contributed by atoms with Crippen LogP contribution in [0.5, 0.6) is 0 Å². The van der Waals surface area contributed by atoms with Crippen molar-refractivity contribution in [2.24, 2.45) is 0 Å². The average molecular weight is 250 g/mol. The summed E-state index contributed by atoms with van der Waals surface area (Å²) in [6.45, 7) is 5.75. The first-order chi connectivity index (χ1) is 8.61. The van der Waals surface area contributed by atoms with E-state index in [0.717, 1.165) is 42.6 Å². The van der Waals surface area contributed by atoms with Crippen molar-refractivity contribution in [3.05, 3.63) is 11.4 Å². The zero-order valence-corrected chi connectivity index (χ0v) is 11.7. The van der Waals surface area contributed by atoms with Gasteiger partial charge in [0, 0.05) is 32.8 Å². The molecule has 2 rings (SSSR count). The van der Waals surface area contributed by atoms with E-state index in [1.807, 2.05) is 20.9 Å². The van der Waals surface area contributed by atoms with Gasteiger partial charge in [0.15, 0.2) is 0 Å². The first-order valence-corrected chi connectivity index (χ1v) is 6.47. The van der Waals surface area contributed by atoms with Crippen molar-refractivity contribution < 1.29 is 4.74 Å². The van der Waals surface area contributed by atoms with E-state index >= 15 is 0 Å². The number of nitrogens with one attached hydrogen (secondary N) is 1. The van der Waals surface area contributed by atoms with Crippen molar-refractivity contribution in [2.45, 2.75) is 32.8 Å². The van der Waals surface area contributed by atoms with E-state index in [0.29, 0.717) is 6.10 Å². The summed E-state index contributed by atoms with van der Waals surface area (Å²) >= 11 is 0. The minimum atomic E-state index is 0.336. The van der Waals surface area contributed by atoms with Gasteiger partial charge in [0.2, 0.25) is 0 Å². The summed E-state index contributed by atoms with van der Waals surface area (Å²) in [7, 11) is 3.95. The molecule has 1 aromatic rings. The van der Waals surface area contributed by atoms with E-state index in [9.17, 15) is 0 Å². The minimum Gasteiger partial charge on any atom is -0.376 e. The molecule has 0 saturated carbocycles. The minimum absolute atomic E-state index is 0.336. The molecule has 5 heteroatoms. The van der Waals surface area contributed by atoms with Gasteiger partial charge in [-0.25, -0.2) is 9.97 Å². The van der Waals surface area contributed by atoms with Crippen LogP contribution in [0.3, 0.4) is 0 Å². The number of hydrogen-bond donors (Lipinski definition) is 1. The van der Waals surface area contributed by atoms with Gasteiger partial charge in [0.25, 0.3) is 0 Å². The van der Waals surface area contributed by atoms with E-state index in [2.05, 4.69) is 27.2 Å². The highest BCUT2D eigenvalue weighted by molar-refractivity contribution is 5.58. The number of rotatable bonds is 4. The molecule has 0 radical (unpaired) electrons. The van der Waals surface area contributed by atoms with Crippen LogP contribution < -0.4 is 10.2 Å². The summed E-state index contributed by atoms with van der Waals surface area (Å²) in [5, 5.41) is 3.12. The van der Waals surface area contributed by atoms with Gasteiger partial charge < -0.3 is 15.0 Å². The number of aromatic nitrogens is 2. The molecule has 0 aliphatic carbocycles. The molecule has 0 amide bonds. The highest BCUT2D eigenvalue weighted by atomic mass is 16.5. The second kappa shape index (κ2) is 5.52. The Hall–Kier alpha value is -1.36. The van der Waals surface area contributed by atoms with Crippen molar-refractivity contribution in [1.29, 1.82) is 0 Å². The lowest BCUT2D eigenvalue weighted by molar-refractivity contribution is 0.116. The van der Waals surface area contributed by atoms with Gasteiger partial charge in [0.1, 0.15) is 17.5 Å². The molecule has 0 spiro atoms. The lowest BCUT2D eigenvalue weighted by Crippen LogP contribution is -2.30. The smallest absolute Gasteiger partial charge is 0.137 e. The van der Waals surface area contributed by atoms with E-state index in [1.54, 1.807) is 0 Å². The van der Waals surface area contributed by atoms with Crippen molar-refractivity contribution in [1.82, 2.24) is 9.97 Å². The van der Waals surface area contributed by atoms with E-state index in [4.69, 9.17) is 4.74 Å². The largest absolute Gasteiger partial charge is 0.376 e. The quantitative estimate of drug-likeness (QED) is 0.882. The molecule has 1 atom stereocenters. The predicted octanol–water partition coefficient (Wildman–Crippen LogP) is 1.75. The highest BCUT2D eigenvalue weighted by Crippen LogP contribution is 2.23. The predicted molar refractivity (Wildman–Crippen MR) is 73.3 cm³/mol. The van der Waals surface area contributed by atoms with Gasteiger partial charge in [-0.15, -0.1) is 0 Å². The first kappa shape index (κ1) is 13.1. The average Bonchev–Trinajstić information content (AvgIpc) is 2.84. The molecule has 2 heterocycles. The van der Waals surface area contributed by atoms with Crippen molar-refractivity contribution in [2.75, 3.05) is 37.5 Å². The van der Waals surface area contributed by atoms with Crippen LogP contribution >= 0.6 is 0 Å². The third kappa shape index (κ3) is 2.72. The molecular formula is C13H22N4O. The first-order valence-electron chi connectivity index (χ1n) is 6.47. The van der Waals surface area contributed by atoms with Crippen molar-refractivity contribution >= 4 is 11.6 Å². The van der Waals surface area contributed by atoms with Gasteiger partial charge in [-0.05, 0) is 26.7 Å². The summed E-state index contributed by atoms with van der Waals surface area (Å²) in [5.41, 5.74) is 1.09. The number of nitrogens with zero attached hydrogens (tertiary/aromatic N) is 3. The van der Waals surface area contributed by atoms with Crippen LogP contribution in [-0.4, -0.2) is 43.3 Å². The molecule has 1 unspecified atom stereocenters. The van der Waals surface area contributed by atoms with E-state index < -0.39 is 0 Å². The van der Waals surface area contributed by atoms with Crippen molar-refractivity contribution in [3.8, 4) is 0 Å². The maximum absolute atomic E-state index is 5.67. The zero-order valence-electron chi connectivity index (χ0n) is 11.7. The Morgan fingerprint density at radius 1 is 1.39 bits per heavy atom. The Kier molecular flexibility index (Phi) is 4.01. The number of anilines is 2. The van der Waals surface area contributed by atoms with Crippen LogP contribution in [0, 0.1) is 13.8 Å². The normalized spacial score (nSPS) is 19.0. The fourth-order valence-corrected chi connectivity index (χ4v) is 2.41. The molecule has 0 aromatic carbocycles. The summed E-state index contributed by atoms with van der Waals surface area (Å²) in [5.74, 6) is 2.68. The van der Waals surface area contributed by atoms with Crippen LogP contribution in [0.2, 0.25) is 0 Å². The lowest BCUT2D eigenvalue weighted by Gasteiger charge is -2.24. The third-order valence-corrected chi connectivity index (χ3v) is 3.33. The zero-order chi connectivity index (χ0) is 13.1. The number of likely N-dealkylation sites (N-methyl/N-ethyl adjacent to an activating group) is 1. The molecule has 1 saturated heterocycles. The Morgan fingerprint density at radius 2 is 2.17 bits per heavy atom. The van der Waals surface area contributed by atoms with E-state index in [1.165, 1.54) is 6.42 Å². The third-order valence-electron chi connectivity index (χ3n) is 3.33. The highest BCUT2D eigenvalue weighted by Gasteiger charge is 2.20. The second-order valence-corrected chi connectivity index (χ2v) is 4.83. The molecule has 1 fully saturated rings.